The van der Waals surface area contributed by atoms with Crippen molar-refractivity contribution < 1.29 is 23.7 Å². The number of rotatable bonds is 11. The van der Waals surface area contributed by atoms with Crippen LogP contribution in [0.25, 0.3) is 0 Å². The molecule has 1 fully saturated rings. The second kappa shape index (κ2) is 14.8. The normalized spacial score (nSPS) is 20.4. The van der Waals surface area contributed by atoms with Gasteiger partial charge in [0.15, 0.2) is 0 Å². The molecule has 0 N–H and O–H groups in total. The van der Waals surface area contributed by atoms with Gasteiger partial charge in [0.05, 0.1) is 19.1 Å². The van der Waals surface area contributed by atoms with Crippen LogP contribution in [0.4, 0.5) is 0 Å². The molecule has 0 saturated heterocycles. The summed E-state index contributed by atoms with van der Waals surface area (Å²) >= 11 is 0. The summed E-state index contributed by atoms with van der Waals surface area (Å²) in [7, 11) is 1.69. The van der Waals surface area contributed by atoms with Crippen molar-refractivity contribution in [3.63, 3.8) is 0 Å². The molecule has 5 nitrogen and oxygen atoms in total. The Labute approximate surface area is 278 Å². The fourth-order valence-corrected chi connectivity index (χ4v) is 6.89. The van der Waals surface area contributed by atoms with Gasteiger partial charge in [0, 0.05) is 23.6 Å². The standard InChI is InChI=1S/C42H42O5/c1-43-34-23-24-37(41(26-34)45-29-31-15-7-3-8-16-31)38-25-33-21-22-35(44-28-30-13-5-2-6-14-30)27-40(33)47-42(38)46-39-20-12-11-19-36(39)32-17-9-4-10-18-32/h2-10,13-18,21-24,26-27,36,38-39,42H,11-12,19-20,25,28-29H2,1H3/t36-,38+,39+,42-/m0/s1. The van der Waals surface area contributed by atoms with E-state index in [0.717, 1.165) is 70.9 Å². The fourth-order valence-electron chi connectivity index (χ4n) is 6.89. The lowest BCUT2D eigenvalue weighted by atomic mass is 9.81. The quantitative estimate of drug-likeness (QED) is 0.146. The van der Waals surface area contributed by atoms with Gasteiger partial charge in [0.2, 0.25) is 6.29 Å². The topological polar surface area (TPSA) is 46.2 Å². The summed E-state index contributed by atoms with van der Waals surface area (Å²) in [6, 6.07) is 43.5. The number of hydrogen-bond donors (Lipinski definition) is 0. The van der Waals surface area contributed by atoms with Crippen LogP contribution in [-0.2, 0) is 24.4 Å². The molecule has 0 spiro atoms. The minimum absolute atomic E-state index is 0.0460. The third kappa shape index (κ3) is 7.47. The Hall–Kier alpha value is -4.74. The molecule has 0 bridgehead atoms. The van der Waals surface area contributed by atoms with Crippen molar-refractivity contribution in [2.45, 2.75) is 69.5 Å². The van der Waals surface area contributed by atoms with Crippen molar-refractivity contribution >= 4 is 0 Å². The summed E-state index contributed by atoms with van der Waals surface area (Å²) in [6.45, 7) is 0.953. The first-order valence-corrected chi connectivity index (χ1v) is 16.7. The number of benzene rings is 5. The third-order valence-corrected chi connectivity index (χ3v) is 9.39. The van der Waals surface area contributed by atoms with Gasteiger partial charge < -0.3 is 23.7 Å². The Morgan fingerprint density at radius 2 is 1.30 bits per heavy atom. The molecule has 2 aliphatic rings. The number of fused-ring (bicyclic) bond motifs is 1. The second-order valence-corrected chi connectivity index (χ2v) is 12.5. The maximum absolute atomic E-state index is 7.12. The smallest absolute Gasteiger partial charge is 0.207 e. The number of ether oxygens (including phenoxy) is 5. The van der Waals surface area contributed by atoms with E-state index in [9.17, 15) is 0 Å². The van der Waals surface area contributed by atoms with E-state index >= 15 is 0 Å². The summed E-state index contributed by atoms with van der Waals surface area (Å²) in [5, 5.41) is 0. The molecule has 47 heavy (non-hydrogen) atoms. The van der Waals surface area contributed by atoms with Crippen molar-refractivity contribution in [3.8, 4) is 23.0 Å². The van der Waals surface area contributed by atoms with Gasteiger partial charge in [-0.2, -0.15) is 0 Å². The number of methoxy groups -OCH3 is 1. The Morgan fingerprint density at radius 1 is 0.638 bits per heavy atom. The van der Waals surface area contributed by atoms with E-state index in [4.69, 9.17) is 23.7 Å². The summed E-state index contributed by atoms with van der Waals surface area (Å²) < 4.78 is 32.3. The Bertz CT molecular complexity index is 1720. The highest BCUT2D eigenvalue weighted by Gasteiger charge is 2.38. The van der Waals surface area contributed by atoms with Crippen molar-refractivity contribution in [1.29, 1.82) is 0 Å². The van der Waals surface area contributed by atoms with E-state index in [1.165, 1.54) is 12.0 Å². The molecule has 0 amide bonds. The average Bonchev–Trinajstić information content (AvgIpc) is 3.14. The molecule has 0 aromatic heterocycles. The van der Waals surface area contributed by atoms with Crippen LogP contribution in [0.3, 0.4) is 0 Å². The molecule has 5 aromatic carbocycles. The predicted molar refractivity (Wildman–Crippen MR) is 184 cm³/mol. The first kappa shape index (κ1) is 30.9. The summed E-state index contributed by atoms with van der Waals surface area (Å²) in [6.07, 6.45) is 4.74. The zero-order valence-corrected chi connectivity index (χ0v) is 26.9. The van der Waals surface area contributed by atoms with E-state index in [1.807, 2.05) is 60.7 Å². The van der Waals surface area contributed by atoms with Crippen molar-refractivity contribution in [2.24, 2.45) is 0 Å². The second-order valence-electron chi connectivity index (χ2n) is 12.5. The van der Waals surface area contributed by atoms with Gasteiger partial charge >= 0.3 is 0 Å². The van der Waals surface area contributed by atoms with Crippen molar-refractivity contribution in [2.75, 3.05) is 7.11 Å². The molecular weight excluding hydrogens is 584 g/mol. The molecule has 1 saturated carbocycles. The minimum atomic E-state index is -0.506. The zero-order chi connectivity index (χ0) is 31.8. The van der Waals surface area contributed by atoms with Gasteiger partial charge in [0.25, 0.3) is 0 Å². The van der Waals surface area contributed by atoms with E-state index in [1.54, 1.807) is 7.11 Å². The van der Waals surface area contributed by atoms with Gasteiger partial charge in [0.1, 0.15) is 36.2 Å². The van der Waals surface area contributed by atoms with Crippen LogP contribution < -0.4 is 18.9 Å². The lowest BCUT2D eigenvalue weighted by Crippen LogP contribution is -2.39. The predicted octanol–water partition coefficient (Wildman–Crippen LogP) is 9.64. The maximum atomic E-state index is 7.12. The zero-order valence-electron chi connectivity index (χ0n) is 26.9. The maximum Gasteiger partial charge on any atom is 0.207 e. The number of hydrogen-bond acceptors (Lipinski definition) is 5. The first-order valence-electron chi connectivity index (χ1n) is 16.7. The molecule has 0 unspecified atom stereocenters. The van der Waals surface area contributed by atoms with Crippen molar-refractivity contribution in [3.05, 3.63) is 155 Å². The fraction of sp³-hybridized carbons (Fsp3) is 0.286. The lowest BCUT2D eigenvalue weighted by Gasteiger charge is -2.40. The van der Waals surface area contributed by atoms with Gasteiger partial charge in [-0.3, -0.25) is 0 Å². The highest BCUT2D eigenvalue weighted by Crippen LogP contribution is 2.45. The van der Waals surface area contributed by atoms with E-state index in [-0.39, 0.29) is 12.0 Å². The van der Waals surface area contributed by atoms with E-state index < -0.39 is 6.29 Å². The first-order chi connectivity index (χ1) is 23.2. The highest BCUT2D eigenvalue weighted by molar-refractivity contribution is 5.48. The molecule has 240 valence electrons. The van der Waals surface area contributed by atoms with Crippen LogP contribution in [0.5, 0.6) is 23.0 Å². The lowest BCUT2D eigenvalue weighted by molar-refractivity contribution is -0.152. The highest BCUT2D eigenvalue weighted by atomic mass is 16.7. The van der Waals surface area contributed by atoms with Crippen molar-refractivity contribution in [1.82, 2.24) is 0 Å². The Kier molecular flexibility index (Phi) is 9.72. The Morgan fingerprint density at radius 3 is 2.02 bits per heavy atom. The van der Waals surface area contributed by atoms with Crippen LogP contribution in [0.2, 0.25) is 0 Å². The van der Waals surface area contributed by atoms with Crippen LogP contribution in [0, 0.1) is 0 Å². The van der Waals surface area contributed by atoms with Gasteiger partial charge in [-0.25, -0.2) is 0 Å². The summed E-state index contributed by atoms with van der Waals surface area (Å²) in [5.74, 6) is 3.35. The molecule has 5 heteroatoms. The van der Waals surface area contributed by atoms with Crippen LogP contribution >= 0.6 is 0 Å². The third-order valence-electron chi connectivity index (χ3n) is 9.39. The molecule has 5 aromatic rings. The minimum Gasteiger partial charge on any atom is -0.497 e. The summed E-state index contributed by atoms with van der Waals surface area (Å²) in [4.78, 5) is 0. The largest absolute Gasteiger partial charge is 0.497 e. The molecule has 1 aliphatic heterocycles. The van der Waals surface area contributed by atoms with Crippen LogP contribution in [0.1, 0.15) is 65.3 Å². The molecule has 0 radical (unpaired) electrons. The van der Waals surface area contributed by atoms with Crippen LogP contribution in [-0.4, -0.2) is 19.5 Å². The van der Waals surface area contributed by atoms with Crippen LogP contribution in [0.15, 0.2) is 127 Å². The van der Waals surface area contributed by atoms with Gasteiger partial charge in [-0.1, -0.05) is 116 Å². The van der Waals surface area contributed by atoms with E-state index in [0.29, 0.717) is 19.1 Å². The molecule has 1 aliphatic carbocycles. The van der Waals surface area contributed by atoms with Gasteiger partial charge in [-0.05, 0) is 53.6 Å². The monoisotopic (exact) mass is 626 g/mol. The summed E-state index contributed by atoms with van der Waals surface area (Å²) in [5.41, 5.74) is 5.73. The molecule has 4 atom stereocenters. The van der Waals surface area contributed by atoms with Gasteiger partial charge in [-0.15, -0.1) is 0 Å². The molecule has 7 rings (SSSR count). The average molecular weight is 627 g/mol. The SMILES string of the molecule is COc1ccc([C@H]2Cc3ccc(OCc4ccccc4)cc3O[C@@H]2O[C@@H]2CCCC[C@H]2c2ccccc2)c(OCc2ccccc2)c1. The molecule has 1 heterocycles. The molecular formula is C42H42O5. The van der Waals surface area contributed by atoms with E-state index in [2.05, 4.69) is 66.7 Å². The Balaban J connectivity index is 1.20.